The highest BCUT2D eigenvalue weighted by Gasteiger charge is 2.21. The van der Waals surface area contributed by atoms with Gasteiger partial charge in [0.1, 0.15) is 0 Å². The Labute approximate surface area is 81.6 Å². The first kappa shape index (κ1) is 10.6. The number of thiophene rings is 1. The molecule has 3 N–H and O–H groups in total. The van der Waals surface area contributed by atoms with Gasteiger partial charge >= 0.3 is 0 Å². The van der Waals surface area contributed by atoms with Gasteiger partial charge in [0.15, 0.2) is 6.29 Å². The molecule has 0 amide bonds. The number of nitrogens with one attached hydrogen (secondary N) is 1. The van der Waals surface area contributed by atoms with E-state index in [4.69, 9.17) is 15.3 Å². The van der Waals surface area contributed by atoms with Crippen LogP contribution in [-0.2, 0) is 9.47 Å². The largest absolute Gasteiger partial charge is 0.354 e. The van der Waals surface area contributed by atoms with Gasteiger partial charge in [-0.3, -0.25) is 5.84 Å². The molecule has 0 aliphatic heterocycles. The monoisotopic (exact) mass is 202 g/mol. The van der Waals surface area contributed by atoms with Crippen molar-refractivity contribution in [2.24, 2.45) is 5.84 Å². The van der Waals surface area contributed by atoms with E-state index >= 15 is 0 Å². The van der Waals surface area contributed by atoms with E-state index < -0.39 is 0 Å². The quantitative estimate of drug-likeness (QED) is 0.422. The Hall–Kier alpha value is -0.460. The lowest BCUT2D eigenvalue weighted by molar-refractivity contribution is -0.124. The van der Waals surface area contributed by atoms with Crippen molar-refractivity contribution in [1.82, 2.24) is 5.43 Å². The summed E-state index contributed by atoms with van der Waals surface area (Å²) in [5, 5.41) is 4.00. The number of hydrogen-bond donors (Lipinski definition) is 2. The predicted molar refractivity (Wildman–Crippen MR) is 52.2 cm³/mol. The van der Waals surface area contributed by atoms with Gasteiger partial charge in [0.2, 0.25) is 0 Å². The normalized spacial score (nSPS) is 13.5. The molecule has 13 heavy (non-hydrogen) atoms. The molecule has 0 fully saturated rings. The molecule has 1 heterocycles. The zero-order valence-corrected chi connectivity index (χ0v) is 8.51. The van der Waals surface area contributed by atoms with Crippen LogP contribution in [0.15, 0.2) is 16.8 Å². The molecule has 1 unspecified atom stereocenters. The molecule has 1 aromatic heterocycles. The first-order chi connectivity index (χ1) is 6.33. The Bertz CT molecular complexity index is 224. The van der Waals surface area contributed by atoms with Crippen LogP contribution in [-0.4, -0.2) is 20.5 Å². The molecule has 1 atom stereocenters. The van der Waals surface area contributed by atoms with Crippen molar-refractivity contribution in [2.45, 2.75) is 12.3 Å². The van der Waals surface area contributed by atoms with Crippen molar-refractivity contribution in [3.63, 3.8) is 0 Å². The van der Waals surface area contributed by atoms with E-state index in [0.717, 1.165) is 5.56 Å². The van der Waals surface area contributed by atoms with Gasteiger partial charge in [0.05, 0.1) is 6.04 Å². The summed E-state index contributed by atoms with van der Waals surface area (Å²) in [6, 6.07) is 1.86. The Morgan fingerprint density at radius 2 is 2.15 bits per heavy atom. The Balaban J connectivity index is 2.72. The summed E-state index contributed by atoms with van der Waals surface area (Å²) >= 11 is 1.62. The third-order valence-corrected chi connectivity index (χ3v) is 2.52. The van der Waals surface area contributed by atoms with E-state index in [1.165, 1.54) is 0 Å². The molecule has 0 radical (unpaired) electrons. The lowest BCUT2D eigenvalue weighted by atomic mass is 10.1. The molecular weight excluding hydrogens is 188 g/mol. The van der Waals surface area contributed by atoms with Crippen molar-refractivity contribution in [3.05, 3.63) is 22.4 Å². The number of hydrazine groups is 1. The molecule has 0 saturated carbocycles. The Morgan fingerprint density at radius 1 is 1.46 bits per heavy atom. The van der Waals surface area contributed by atoms with Crippen molar-refractivity contribution in [1.29, 1.82) is 0 Å². The molecule has 0 bridgehead atoms. The lowest BCUT2D eigenvalue weighted by Crippen LogP contribution is -2.38. The van der Waals surface area contributed by atoms with Crippen LogP contribution in [0.5, 0.6) is 0 Å². The van der Waals surface area contributed by atoms with Gasteiger partial charge in [-0.25, -0.2) is 5.43 Å². The highest BCUT2D eigenvalue weighted by atomic mass is 32.1. The van der Waals surface area contributed by atoms with Gasteiger partial charge in [-0.15, -0.1) is 0 Å². The standard InChI is InChI=1S/C8H14N2O2S/c1-11-8(12-2)7(10-9)6-3-4-13-5-6/h3-5,7-8,10H,9H2,1-2H3. The van der Waals surface area contributed by atoms with E-state index in [1.54, 1.807) is 25.6 Å². The summed E-state index contributed by atoms with van der Waals surface area (Å²) in [5.41, 5.74) is 3.73. The summed E-state index contributed by atoms with van der Waals surface area (Å²) in [4.78, 5) is 0. The maximum absolute atomic E-state index is 5.41. The molecule has 0 aliphatic rings. The highest BCUT2D eigenvalue weighted by molar-refractivity contribution is 7.07. The summed E-state index contributed by atoms with van der Waals surface area (Å²) in [5.74, 6) is 5.41. The molecule has 0 spiro atoms. The molecule has 5 heteroatoms. The maximum Gasteiger partial charge on any atom is 0.177 e. The zero-order chi connectivity index (χ0) is 9.68. The van der Waals surface area contributed by atoms with E-state index in [1.807, 2.05) is 16.8 Å². The SMILES string of the molecule is COC(OC)C(NN)c1ccsc1. The second kappa shape index (κ2) is 5.31. The molecule has 0 aromatic carbocycles. The number of rotatable bonds is 5. The van der Waals surface area contributed by atoms with E-state index in [2.05, 4.69) is 5.43 Å². The first-order valence-corrected chi connectivity index (χ1v) is 4.81. The van der Waals surface area contributed by atoms with Gasteiger partial charge in [-0.05, 0) is 22.4 Å². The molecule has 4 nitrogen and oxygen atoms in total. The van der Waals surface area contributed by atoms with Gasteiger partial charge in [-0.2, -0.15) is 11.3 Å². The van der Waals surface area contributed by atoms with Gasteiger partial charge in [0.25, 0.3) is 0 Å². The van der Waals surface area contributed by atoms with Crippen molar-refractivity contribution >= 4 is 11.3 Å². The fourth-order valence-electron chi connectivity index (χ4n) is 1.15. The summed E-state index contributed by atoms with van der Waals surface area (Å²) in [7, 11) is 3.18. The minimum atomic E-state index is -0.361. The van der Waals surface area contributed by atoms with Crippen LogP contribution in [0.1, 0.15) is 11.6 Å². The van der Waals surface area contributed by atoms with E-state index in [-0.39, 0.29) is 12.3 Å². The summed E-state index contributed by atoms with van der Waals surface area (Å²) < 4.78 is 10.2. The second-order valence-corrected chi connectivity index (χ2v) is 3.32. The number of methoxy groups -OCH3 is 2. The molecular formula is C8H14N2O2S. The second-order valence-electron chi connectivity index (χ2n) is 2.54. The minimum Gasteiger partial charge on any atom is -0.354 e. The van der Waals surface area contributed by atoms with Gasteiger partial charge in [0, 0.05) is 14.2 Å². The van der Waals surface area contributed by atoms with Crippen molar-refractivity contribution in [3.8, 4) is 0 Å². The highest BCUT2D eigenvalue weighted by Crippen LogP contribution is 2.20. The van der Waals surface area contributed by atoms with Crippen LogP contribution in [0.2, 0.25) is 0 Å². The van der Waals surface area contributed by atoms with Gasteiger partial charge < -0.3 is 9.47 Å². The average molecular weight is 202 g/mol. The van der Waals surface area contributed by atoms with Crippen molar-refractivity contribution < 1.29 is 9.47 Å². The summed E-state index contributed by atoms with van der Waals surface area (Å²) in [6.07, 6.45) is -0.361. The van der Waals surface area contributed by atoms with Crippen LogP contribution in [0, 0.1) is 0 Å². The molecule has 74 valence electrons. The summed E-state index contributed by atoms with van der Waals surface area (Å²) in [6.45, 7) is 0. The maximum atomic E-state index is 5.41. The van der Waals surface area contributed by atoms with Crippen LogP contribution in [0.4, 0.5) is 0 Å². The lowest BCUT2D eigenvalue weighted by Gasteiger charge is -2.23. The molecule has 0 saturated heterocycles. The van der Waals surface area contributed by atoms with Crippen LogP contribution < -0.4 is 11.3 Å². The average Bonchev–Trinajstić information content (AvgIpc) is 2.66. The van der Waals surface area contributed by atoms with E-state index in [9.17, 15) is 0 Å². The van der Waals surface area contributed by atoms with Gasteiger partial charge in [-0.1, -0.05) is 0 Å². The fraction of sp³-hybridized carbons (Fsp3) is 0.500. The minimum absolute atomic E-state index is 0.124. The Morgan fingerprint density at radius 3 is 2.54 bits per heavy atom. The fourth-order valence-corrected chi connectivity index (χ4v) is 1.85. The number of ether oxygens (including phenoxy) is 2. The molecule has 1 aromatic rings. The first-order valence-electron chi connectivity index (χ1n) is 3.87. The molecule has 0 aliphatic carbocycles. The van der Waals surface area contributed by atoms with Crippen LogP contribution in [0.3, 0.4) is 0 Å². The predicted octanol–water partition coefficient (Wildman–Crippen LogP) is 0.871. The Kier molecular flexibility index (Phi) is 4.34. The zero-order valence-electron chi connectivity index (χ0n) is 7.69. The molecule has 1 rings (SSSR count). The smallest absolute Gasteiger partial charge is 0.177 e. The topological polar surface area (TPSA) is 56.5 Å². The van der Waals surface area contributed by atoms with Crippen molar-refractivity contribution in [2.75, 3.05) is 14.2 Å². The van der Waals surface area contributed by atoms with E-state index in [0.29, 0.717) is 0 Å². The third kappa shape index (κ3) is 2.49. The van der Waals surface area contributed by atoms with Crippen LogP contribution in [0.25, 0.3) is 0 Å². The number of nitrogens with two attached hydrogens (primary N) is 1. The van der Waals surface area contributed by atoms with Crippen LogP contribution >= 0.6 is 11.3 Å². The third-order valence-electron chi connectivity index (χ3n) is 1.82. The number of hydrogen-bond acceptors (Lipinski definition) is 5.